The number of carbonyl (C=O) groups is 1. The van der Waals surface area contributed by atoms with Gasteiger partial charge in [0, 0.05) is 13.1 Å². The Bertz CT molecular complexity index is 420. The fraction of sp³-hybridized carbons (Fsp3) is 0.417. The lowest BCUT2D eigenvalue weighted by molar-refractivity contribution is -0.124. The summed E-state index contributed by atoms with van der Waals surface area (Å²) < 4.78 is 10.4. The number of nitrogens with one attached hydrogen (secondary N) is 2. The zero-order valence-corrected chi connectivity index (χ0v) is 9.95. The van der Waals surface area contributed by atoms with Crippen LogP contribution in [0.5, 0.6) is 11.5 Å². The van der Waals surface area contributed by atoms with Gasteiger partial charge in [0.15, 0.2) is 11.5 Å². The van der Waals surface area contributed by atoms with Crippen molar-refractivity contribution in [1.29, 1.82) is 0 Å². The second kappa shape index (κ2) is 5.05. The molecule has 0 saturated carbocycles. The van der Waals surface area contributed by atoms with Gasteiger partial charge in [-0.25, -0.2) is 0 Å². The Balaban J connectivity index is 2.29. The minimum absolute atomic E-state index is 0.0107. The first-order valence-corrected chi connectivity index (χ1v) is 5.49. The van der Waals surface area contributed by atoms with Gasteiger partial charge in [0.05, 0.1) is 14.2 Å². The van der Waals surface area contributed by atoms with Crippen LogP contribution in [0.15, 0.2) is 18.2 Å². The molecule has 1 atom stereocenters. The fourth-order valence-corrected chi connectivity index (χ4v) is 1.90. The molecule has 0 bridgehead atoms. The van der Waals surface area contributed by atoms with Crippen molar-refractivity contribution in [2.45, 2.75) is 6.04 Å². The SMILES string of the molecule is COc1ccc([C@H]2NCCNC2=O)cc1OC. The zero-order valence-electron chi connectivity index (χ0n) is 9.95. The van der Waals surface area contributed by atoms with Gasteiger partial charge >= 0.3 is 0 Å². The van der Waals surface area contributed by atoms with Crippen molar-refractivity contribution in [3.63, 3.8) is 0 Å². The van der Waals surface area contributed by atoms with Gasteiger partial charge in [0.2, 0.25) is 5.91 Å². The Morgan fingerprint density at radius 1 is 1.18 bits per heavy atom. The molecular weight excluding hydrogens is 220 g/mol. The van der Waals surface area contributed by atoms with E-state index < -0.39 is 0 Å². The standard InChI is InChI=1S/C12H16N2O3/c1-16-9-4-3-8(7-10(9)17-2)11-12(15)14-6-5-13-11/h3-4,7,11,13H,5-6H2,1-2H3,(H,14,15)/t11-/m1/s1. The highest BCUT2D eigenvalue weighted by molar-refractivity contribution is 5.84. The van der Waals surface area contributed by atoms with E-state index in [1.165, 1.54) is 0 Å². The molecule has 1 aliphatic rings. The third kappa shape index (κ3) is 2.34. The van der Waals surface area contributed by atoms with Gasteiger partial charge in [-0.1, -0.05) is 6.07 Å². The van der Waals surface area contributed by atoms with Crippen molar-refractivity contribution >= 4 is 5.91 Å². The van der Waals surface area contributed by atoms with Gasteiger partial charge in [-0.3, -0.25) is 4.79 Å². The first-order valence-electron chi connectivity index (χ1n) is 5.49. The van der Waals surface area contributed by atoms with Crippen molar-refractivity contribution in [3.8, 4) is 11.5 Å². The molecule has 5 nitrogen and oxygen atoms in total. The van der Waals surface area contributed by atoms with Gasteiger partial charge in [-0.2, -0.15) is 0 Å². The third-order valence-electron chi connectivity index (χ3n) is 2.78. The molecule has 0 spiro atoms. The molecule has 1 saturated heterocycles. The maximum absolute atomic E-state index is 11.7. The topological polar surface area (TPSA) is 59.6 Å². The summed E-state index contributed by atoms with van der Waals surface area (Å²) in [5.74, 6) is 1.28. The normalized spacial score (nSPS) is 19.6. The van der Waals surface area contributed by atoms with E-state index in [1.54, 1.807) is 20.3 Å². The van der Waals surface area contributed by atoms with Gasteiger partial charge in [-0.05, 0) is 17.7 Å². The molecule has 2 N–H and O–H groups in total. The van der Waals surface area contributed by atoms with Crippen LogP contribution in [0.2, 0.25) is 0 Å². The monoisotopic (exact) mass is 236 g/mol. The molecule has 0 unspecified atom stereocenters. The minimum atomic E-state index is -0.316. The molecule has 5 heteroatoms. The number of benzene rings is 1. The lowest BCUT2D eigenvalue weighted by Crippen LogP contribution is -2.47. The number of ether oxygens (including phenoxy) is 2. The predicted octanol–water partition coefficient (Wildman–Crippen LogP) is 0.464. The highest BCUT2D eigenvalue weighted by Crippen LogP contribution is 2.30. The Kier molecular flexibility index (Phi) is 3.49. The summed E-state index contributed by atoms with van der Waals surface area (Å²) in [5, 5.41) is 5.99. The molecule has 1 aliphatic heterocycles. The molecule has 0 aromatic heterocycles. The number of carbonyl (C=O) groups excluding carboxylic acids is 1. The molecule has 1 fully saturated rings. The van der Waals surface area contributed by atoms with Crippen molar-refractivity contribution < 1.29 is 14.3 Å². The molecule has 0 radical (unpaired) electrons. The minimum Gasteiger partial charge on any atom is -0.493 e. The van der Waals surface area contributed by atoms with Crippen molar-refractivity contribution in [2.24, 2.45) is 0 Å². The average Bonchev–Trinajstić information content (AvgIpc) is 2.38. The number of methoxy groups -OCH3 is 2. The number of hydrogen-bond acceptors (Lipinski definition) is 4. The van der Waals surface area contributed by atoms with E-state index in [0.29, 0.717) is 18.0 Å². The predicted molar refractivity (Wildman–Crippen MR) is 63.3 cm³/mol. The summed E-state index contributed by atoms with van der Waals surface area (Å²) in [7, 11) is 3.17. The van der Waals surface area contributed by atoms with Crippen LogP contribution in [-0.2, 0) is 4.79 Å². The second-order valence-electron chi connectivity index (χ2n) is 3.79. The van der Waals surface area contributed by atoms with Crippen molar-refractivity contribution in [2.75, 3.05) is 27.3 Å². The van der Waals surface area contributed by atoms with Gasteiger partial charge in [0.25, 0.3) is 0 Å². The number of piperazine rings is 1. The first kappa shape index (κ1) is 11.7. The number of hydrogen-bond donors (Lipinski definition) is 2. The van der Waals surface area contributed by atoms with Crippen LogP contribution in [0.4, 0.5) is 0 Å². The quantitative estimate of drug-likeness (QED) is 0.800. The van der Waals surface area contributed by atoms with E-state index in [9.17, 15) is 4.79 Å². The maximum atomic E-state index is 11.7. The van der Waals surface area contributed by atoms with E-state index >= 15 is 0 Å². The molecule has 1 aromatic carbocycles. The van der Waals surface area contributed by atoms with Crippen LogP contribution < -0.4 is 20.1 Å². The molecule has 1 amide bonds. The average molecular weight is 236 g/mol. The summed E-state index contributed by atoms with van der Waals surface area (Å²) in [6, 6.07) is 5.17. The van der Waals surface area contributed by atoms with E-state index in [4.69, 9.17) is 9.47 Å². The molecular formula is C12H16N2O3. The molecule has 1 aromatic rings. The van der Waals surface area contributed by atoms with Crippen molar-refractivity contribution in [3.05, 3.63) is 23.8 Å². The zero-order chi connectivity index (χ0) is 12.3. The van der Waals surface area contributed by atoms with Crippen LogP contribution >= 0.6 is 0 Å². The largest absolute Gasteiger partial charge is 0.493 e. The summed E-state index contributed by atoms with van der Waals surface area (Å²) in [5.41, 5.74) is 0.875. The lowest BCUT2D eigenvalue weighted by atomic mass is 10.0. The number of rotatable bonds is 3. The Morgan fingerprint density at radius 3 is 2.59 bits per heavy atom. The third-order valence-corrected chi connectivity index (χ3v) is 2.78. The van der Waals surface area contributed by atoms with Crippen molar-refractivity contribution in [1.82, 2.24) is 10.6 Å². The van der Waals surface area contributed by atoms with Crippen LogP contribution in [0.3, 0.4) is 0 Å². The molecule has 2 rings (SSSR count). The summed E-state index contributed by atoms with van der Waals surface area (Å²) in [6.45, 7) is 1.44. The smallest absolute Gasteiger partial charge is 0.241 e. The van der Waals surface area contributed by atoms with E-state index in [-0.39, 0.29) is 11.9 Å². The van der Waals surface area contributed by atoms with Crippen LogP contribution in [0, 0.1) is 0 Å². The van der Waals surface area contributed by atoms with Crippen LogP contribution in [-0.4, -0.2) is 33.2 Å². The lowest BCUT2D eigenvalue weighted by Gasteiger charge is -2.24. The van der Waals surface area contributed by atoms with Gasteiger partial charge in [0.1, 0.15) is 6.04 Å². The van der Waals surface area contributed by atoms with E-state index in [1.807, 2.05) is 12.1 Å². The highest BCUT2D eigenvalue weighted by Gasteiger charge is 2.24. The van der Waals surface area contributed by atoms with Gasteiger partial charge in [-0.15, -0.1) is 0 Å². The van der Waals surface area contributed by atoms with Crippen LogP contribution in [0.1, 0.15) is 11.6 Å². The summed E-state index contributed by atoms with van der Waals surface area (Å²) in [4.78, 5) is 11.7. The van der Waals surface area contributed by atoms with E-state index in [0.717, 1.165) is 12.1 Å². The van der Waals surface area contributed by atoms with Crippen LogP contribution in [0.25, 0.3) is 0 Å². The Morgan fingerprint density at radius 2 is 1.94 bits per heavy atom. The van der Waals surface area contributed by atoms with E-state index in [2.05, 4.69) is 10.6 Å². The molecule has 92 valence electrons. The second-order valence-corrected chi connectivity index (χ2v) is 3.79. The highest BCUT2D eigenvalue weighted by atomic mass is 16.5. The maximum Gasteiger partial charge on any atom is 0.241 e. The Labute approximate surface area is 100 Å². The summed E-state index contributed by atoms with van der Waals surface area (Å²) >= 11 is 0. The first-order chi connectivity index (χ1) is 8.26. The summed E-state index contributed by atoms with van der Waals surface area (Å²) in [6.07, 6.45) is 0. The number of amides is 1. The molecule has 1 heterocycles. The van der Waals surface area contributed by atoms with Gasteiger partial charge < -0.3 is 20.1 Å². The molecule has 17 heavy (non-hydrogen) atoms. The Hall–Kier alpha value is -1.75. The fourth-order valence-electron chi connectivity index (χ4n) is 1.90. The molecule has 0 aliphatic carbocycles.